The maximum atomic E-state index is 13.0. The minimum Gasteiger partial charge on any atom is -0.464 e. The Morgan fingerprint density at radius 1 is 1.18 bits per heavy atom. The van der Waals surface area contributed by atoms with Crippen LogP contribution in [0.15, 0.2) is 56.9 Å². The molecule has 0 atom stereocenters. The van der Waals surface area contributed by atoms with Crippen LogP contribution in [0.2, 0.25) is 0 Å². The van der Waals surface area contributed by atoms with Gasteiger partial charge in [-0.1, -0.05) is 6.07 Å². The lowest BCUT2D eigenvalue weighted by Gasteiger charge is -2.27. The lowest BCUT2D eigenvalue weighted by molar-refractivity contribution is 0.0725. The van der Waals surface area contributed by atoms with Gasteiger partial charge < -0.3 is 9.32 Å². The van der Waals surface area contributed by atoms with Crippen LogP contribution in [0.4, 0.5) is 5.69 Å². The summed E-state index contributed by atoms with van der Waals surface area (Å²) in [6.07, 6.45) is 4.55. The van der Waals surface area contributed by atoms with Crippen LogP contribution in [-0.2, 0) is 10.0 Å². The van der Waals surface area contributed by atoms with Crippen molar-refractivity contribution >= 4 is 33.0 Å². The Morgan fingerprint density at radius 3 is 2.68 bits per heavy atom. The molecule has 1 aromatic carbocycles. The second-order valence-electron chi connectivity index (χ2n) is 6.52. The minimum atomic E-state index is -3.89. The Labute approximate surface area is 167 Å². The summed E-state index contributed by atoms with van der Waals surface area (Å²) < 4.78 is 33.3. The first-order valence-electron chi connectivity index (χ1n) is 8.93. The number of benzene rings is 1. The minimum absolute atomic E-state index is 0.0720. The molecule has 0 spiro atoms. The number of anilines is 1. The summed E-state index contributed by atoms with van der Waals surface area (Å²) in [6.45, 7) is 1.36. The van der Waals surface area contributed by atoms with E-state index in [1.165, 1.54) is 22.2 Å². The van der Waals surface area contributed by atoms with E-state index in [1.807, 2.05) is 0 Å². The summed E-state index contributed by atoms with van der Waals surface area (Å²) in [5.74, 6) is 0.410. The Morgan fingerprint density at radius 2 is 2.00 bits per heavy atom. The maximum Gasteiger partial charge on any atom is 0.280 e. The molecule has 1 amide bonds. The predicted octanol–water partition coefficient (Wildman–Crippen LogP) is 3.83. The van der Waals surface area contributed by atoms with Crippen LogP contribution in [0, 0.1) is 0 Å². The lowest BCUT2D eigenvalue weighted by Crippen LogP contribution is -2.36. The van der Waals surface area contributed by atoms with Gasteiger partial charge in [0.25, 0.3) is 15.9 Å². The molecule has 0 radical (unpaired) electrons. The molecule has 1 saturated heterocycles. The SMILES string of the molecule is O=C(c1ccc(-c2ccco2)cc1NS(=O)(=O)c1cscn1)N1CCCCC1. The molecule has 3 heterocycles. The summed E-state index contributed by atoms with van der Waals surface area (Å²) in [7, 11) is -3.89. The number of likely N-dealkylation sites (tertiary alicyclic amines) is 1. The van der Waals surface area contributed by atoms with E-state index in [0.717, 1.165) is 19.3 Å². The molecule has 3 aromatic rings. The number of carbonyl (C=O) groups excluding carboxylic acids is 1. The van der Waals surface area contributed by atoms with Crippen molar-refractivity contribution < 1.29 is 17.6 Å². The standard InChI is InChI=1S/C19H19N3O4S2/c23-19(22-8-2-1-3-9-22)15-7-6-14(17-5-4-10-26-17)11-16(15)21-28(24,25)18-12-27-13-20-18/h4-7,10-13,21H,1-3,8-9H2. The fraction of sp³-hybridized carbons (Fsp3) is 0.263. The van der Waals surface area contributed by atoms with Gasteiger partial charge in [0.15, 0.2) is 5.03 Å². The van der Waals surface area contributed by atoms with Crippen molar-refractivity contribution in [2.24, 2.45) is 0 Å². The van der Waals surface area contributed by atoms with E-state index >= 15 is 0 Å². The van der Waals surface area contributed by atoms with Crippen LogP contribution in [0.5, 0.6) is 0 Å². The molecule has 0 unspecified atom stereocenters. The van der Waals surface area contributed by atoms with Gasteiger partial charge in [-0.3, -0.25) is 9.52 Å². The van der Waals surface area contributed by atoms with Crippen LogP contribution < -0.4 is 4.72 Å². The first-order chi connectivity index (χ1) is 13.5. The van der Waals surface area contributed by atoms with E-state index in [4.69, 9.17) is 4.42 Å². The number of carbonyl (C=O) groups is 1. The number of amides is 1. The highest BCUT2D eigenvalue weighted by atomic mass is 32.2. The van der Waals surface area contributed by atoms with Gasteiger partial charge in [0.2, 0.25) is 0 Å². The van der Waals surface area contributed by atoms with E-state index < -0.39 is 10.0 Å². The zero-order valence-electron chi connectivity index (χ0n) is 15.0. The highest BCUT2D eigenvalue weighted by molar-refractivity contribution is 7.92. The van der Waals surface area contributed by atoms with Gasteiger partial charge in [0.1, 0.15) is 5.76 Å². The molecule has 1 aliphatic rings. The first-order valence-corrected chi connectivity index (χ1v) is 11.4. The van der Waals surface area contributed by atoms with Crippen LogP contribution in [-0.4, -0.2) is 37.3 Å². The molecule has 2 aromatic heterocycles. The van der Waals surface area contributed by atoms with Crippen LogP contribution >= 0.6 is 11.3 Å². The molecule has 9 heteroatoms. The van der Waals surface area contributed by atoms with E-state index in [9.17, 15) is 13.2 Å². The molecule has 1 N–H and O–H groups in total. The molecule has 4 rings (SSSR count). The van der Waals surface area contributed by atoms with Gasteiger partial charge in [-0.25, -0.2) is 4.98 Å². The maximum absolute atomic E-state index is 13.0. The highest BCUT2D eigenvalue weighted by Crippen LogP contribution is 2.29. The summed E-state index contributed by atoms with van der Waals surface area (Å²) in [4.78, 5) is 18.7. The Balaban J connectivity index is 1.73. The number of thiazole rings is 1. The summed E-state index contributed by atoms with van der Waals surface area (Å²) >= 11 is 1.19. The third-order valence-corrected chi connectivity index (χ3v) is 6.63. The molecular formula is C19H19N3O4S2. The second kappa shape index (κ2) is 7.76. The summed E-state index contributed by atoms with van der Waals surface area (Å²) in [5, 5.41) is 1.38. The number of sulfonamides is 1. The Kier molecular flexibility index (Phi) is 5.19. The number of hydrogen-bond acceptors (Lipinski definition) is 6. The second-order valence-corrected chi connectivity index (χ2v) is 8.87. The molecule has 28 heavy (non-hydrogen) atoms. The van der Waals surface area contributed by atoms with Gasteiger partial charge in [-0.15, -0.1) is 11.3 Å². The lowest BCUT2D eigenvalue weighted by atomic mass is 10.0. The average Bonchev–Trinajstić information content (AvgIpc) is 3.42. The molecule has 146 valence electrons. The van der Waals surface area contributed by atoms with Crippen molar-refractivity contribution in [2.45, 2.75) is 24.3 Å². The molecule has 7 nitrogen and oxygen atoms in total. The summed E-state index contributed by atoms with van der Waals surface area (Å²) in [5.41, 5.74) is 2.66. The van der Waals surface area contributed by atoms with E-state index in [0.29, 0.717) is 30.0 Å². The van der Waals surface area contributed by atoms with Crippen molar-refractivity contribution in [2.75, 3.05) is 17.8 Å². The zero-order chi connectivity index (χ0) is 19.6. The Hall–Kier alpha value is -2.65. The Bertz CT molecular complexity index is 1050. The van der Waals surface area contributed by atoms with Gasteiger partial charge in [0, 0.05) is 24.0 Å². The summed E-state index contributed by atoms with van der Waals surface area (Å²) in [6, 6.07) is 8.56. The highest BCUT2D eigenvalue weighted by Gasteiger charge is 2.25. The van der Waals surface area contributed by atoms with E-state index in [-0.39, 0.29) is 16.6 Å². The fourth-order valence-corrected chi connectivity index (χ4v) is 5.12. The van der Waals surface area contributed by atoms with Crippen molar-refractivity contribution in [1.82, 2.24) is 9.88 Å². The number of piperidine rings is 1. The molecule has 0 aliphatic carbocycles. The molecular weight excluding hydrogens is 398 g/mol. The number of furan rings is 1. The van der Waals surface area contributed by atoms with Crippen LogP contribution in [0.25, 0.3) is 11.3 Å². The van der Waals surface area contributed by atoms with Crippen LogP contribution in [0.3, 0.4) is 0 Å². The number of nitrogens with one attached hydrogen (secondary N) is 1. The van der Waals surface area contributed by atoms with Gasteiger partial charge >= 0.3 is 0 Å². The topological polar surface area (TPSA) is 92.5 Å². The normalized spacial score (nSPS) is 14.8. The first kappa shape index (κ1) is 18.7. The number of hydrogen-bond donors (Lipinski definition) is 1. The molecule has 1 fully saturated rings. The number of nitrogens with zero attached hydrogens (tertiary/aromatic N) is 2. The van der Waals surface area contributed by atoms with Gasteiger partial charge in [0.05, 0.1) is 23.0 Å². The smallest absolute Gasteiger partial charge is 0.280 e. The third kappa shape index (κ3) is 3.81. The monoisotopic (exact) mass is 417 g/mol. The zero-order valence-corrected chi connectivity index (χ0v) is 16.6. The number of aromatic nitrogens is 1. The van der Waals surface area contributed by atoms with Crippen molar-refractivity contribution in [3.8, 4) is 11.3 Å². The van der Waals surface area contributed by atoms with Crippen molar-refractivity contribution in [3.63, 3.8) is 0 Å². The number of rotatable bonds is 5. The van der Waals surface area contributed by atoms with Gasteiger partial charge in [-0.2, -0.15) is 8.42 Å². The fourth-order valence-electron chi connectivity index (χ4n) is 3.21. The van der Waals surface area contributed by atoms with E-state index in [2.05, 4.69) is 9.71 Å². The van der Waals surface area contributed by atoms with E-state index in [1.54, 1.807) is 41.5 Å². The molecule has 1 aliphatic heterocycles. The quantitative estimate of drug-likeness (QED) is 0.681. The largest absolute Gasteiger partial charge is 0.464 e. The van der Waals surface area contributed by atoms with Gasteiger partial charge in [-0.05, 0) is 43.5 Å². The average molecular weight is 418 g/mol. The third-order valence-electron chi connectivity index (χ3n) is 4.63. The van der Waals surface area contributed by atoms with Crippen LogP contribution in [0.1, 0.15) is 29.6 Å². The molecule has 0 saturated carbocycles. The van der Waals surface area contributed by atoms with Crippen molar-refractivity contribution in [1.29, 1.82) is 0 Å². The molecule has 0 bridgehead atoms. The van der Waals surface area contributed by atoms with Crippen molar-refractivity contribution in [3.05, 3.63) is 53.0 Å². The predicted molar refractivity (Wildman–Crippen MR) is 107 cm³/mol.